The molecule has 2 aromatic rings. The second kappa shape index (κ2) is 8.71. The third kappa shape index (κ3) is 5.25. The zero-order valence-electron chi connectivity index (χ0n) is 13.1. The second-order valence-electron chi connectivity index (χ2n) is 5.23. The highest BCUT2D eigenvalue weighted by Crippen LogP contribution is 2.21. The van der Waals surface area contributed by atoms with Gasteiger partial charge >= 0.3 is 5.97 Å². The number of nitrogens with one attached hydrogen (secondary N) is 1. The number of carbonyl (C=O) groups excluding carboxylic acids is 2. The molecule has 4 nitrogen and oxygen atoms in total. The molecule has 24 heavy (non-hydrogen) atoms. The van der Waals surface area contributed by atoms with Crippen molar-refractivity contribution in [3.05, 3.63) is 69.2 Å². The van der Waals surface area contributed by atoms with Crippen LogP contribution in [0.5, 0.6) is 0 Å². The Balaban J connectivity index is 1.75. The first-order chi connectivity index (χ1) is 11.5. The van der Waals surface area contributed by atoms with Crippen molar-refractivity contribution in [3.63, 3.8) is 0 Å². The molecule has 1 amide bonds. The molecule has 0 aliphatic rings. The molecule has 0 aliphatic carbocycles. The van der Waals surface area contributed by atoms with E-state index in [9.17, 15) is 9.59 Å². The second-order valence-corrected chi connectivity index (χ2v) is 6.07. The van der Waals surface area contributed by atoms with Crippen molar-refractivity contribution in [1.82, 2.24) is 5.32 Å². The Morgan fingerprint density at radius 1 is 1.12 bits per heavy atom. The zero-order chi connectivity index (χ0) is 17.5. The van der Waals surface area contributed by atoms with Gasteiger partial charge in [-0.2, -0.15) is 0 Å². The van der Waals surface area contributed by atoms with E-state index < -0.39 is 5.97 Å². The van der Waals surface area contributed by atoms with Crippen molar-refractivity contribution in [2.24, 2.45) is 0 Å². The number of hydrogen-bond donors (Lipinski definition) is 1. The van der Waals surface area contributed by atoms with E-state index in [1.54, 1.807) is 24.3 Å². The Bertz CT molecular complexity index is 747. The maximum atomic E-state index is 11.9. The van der Waals surface area contributed by atoms with Gasteiger partial charge in [0.15, 0.2) is 6.61 Å². The minimum atomic E-state index is -0.510. The average molecular weight is 366 g/mol. The number of rotatable bonds is 6. The van der Waals surface area contributed by atoms with Gasteiger partial charge in [-0.25, -0.2) is 4.79 Å². The molecule has 0 saturated carbocycles. The third-order valence-electron chi connectivity index (χ3n) is 3.43. The molecule has 126 valence electrons. The molecule has 6 heteroatoms. The number of esters is 1. The van der Waals surface area contributed by atoms with Crippen LogP contribution in [0.3, 0.4) is 0 Å². The van der Waals surface area contributed by atoms with Crippen molar-refractivity contribution >= 4 is 35.1 Å². The average Bonchev–Trinajstić information content (AvgIpc) is 2.55. The molecule has 0 aromatic heterocycles. The van der Waals surface area contributed by atoms with E-state index in [2.05, 4.69) is 5.32 Å². The molecule has 1 N–H and O–H groups in total. The fraction of sp³-hybridized carbons (Fsp3) is 0.222. The quantitative estimate of drug-likeness (QED) is 0.791. The van der Waals surface area contributed by atoms with E-state index in [0.29, 0.717) is 28.6 Å². The summed E-state index contributed by atoms with van der Waals surface area (Å²) >= 11 is 11.9. The number of hydrogen-bond acceptors (Lipinski definition) is 3. The molecule has 0 aliphatic heterocycles. The molecule has 0 unspecified atom stereocenters. The van der Waals surface area contributed by atoms with Gasteiger partial charge in [0.05, 0.1) is 5.56 Å². The maximum Gasteiger partial charge on any atom is 0.338 e. The predicted octanol–water partition coefficient (Wildman–Crippen LogP) is 3.82. The Morgan fingerprint density at radius 2 is 1.88 bits per heavy atom. The molecule has 0 saturated heterocycles. The van der Waals surface area contributed by atoms with Gasteiger partial charge in [-0.05, 0) is 42.7 Å². The van der Waals surface area contributed by atoms with E-state index in [1.165, 1.54) is 0 Å². The van der Waals surface area contributed by atoms with Gasteiger partial charge in [-0.15, -0.1) is 0 Å². The Hall–Kier alpha value is -2.04. The standard InChI is InChI=1S/C18H17Cl2NO3/c1-12-4-2-3-5-15(12)18(23)24-11-17(22)21-9-8-13-6-7-14(19)10-16(13)20/h2-7,10H,8-9,11H2,1H3,(H,21,22). The van der Waals surface area contributed by atoms with Crippen molar-refractivity contribution < 1.29 is 14.3 Å². The molecular weight excluding hydrogens is 349 g/mol. The summed E-state index contributed by atoms with van der Waals surface area (Å²) in [5.41, 5.74) is 2.15. The highest BCUT2D eigenvalue weighted by molar-refractivity contribution is 6.35. The van der Waals surface area contributed by atoms with Gasteiger partial charge in [0, 0.05) is 16.6 Å². The van der Waals surface area contributed by atoms with Crippen LogP contribution in [0.25, 0.3) is 0 Å². The lowest BCUT2D eigenvalue weighted by atomic mass is 10.1. The fourth-order valence-corrected chi connectivity index (χ4v) is 2.63. The third-order valence-corrected chi connectivity index (χ3v) is 4.02. The topological polar surface area (TPSA) is 55.4 Å². The predicted molar refractivity (Wildman–Crippen MR) is 94.6 cm³/mol. The van der Waals surface area contributed by atoms with Crippen LogP contribution in [0.4, 0.5) is 0 Å². The number of benzene rings is 2. The first-order valence-electron chi connectivity index (χ1n) is 7.41. The van der Waals surface area contributed by atoms with Crippen LogP contribution in [-0.2, 0) is 16.0 Å². The molecule has 0 heterocycles. The van der Waals surface area contributed by atoms with Gasteiger partial charge in [-0.3, -0.25) is 4.79 Å². The number of amides is 1. The van der Waals surface area contributed by atoms with E-state index in [4.69, 9.17) is 27.9 Å². The molecule has 0 fully saturated rings. The molecule has 2 rings (SSSR count). The van der Waals surface area contributed by atoms with Gasteiger partial charge in [-0.1, -0.05) is 47.5 Å². The van der Waals surface area contributed by atoms with Crippen LogP contribution in [0.2, 0.25) is 10.0 Å². The summed E-state index contributed by atoms with van der Waals surface area (Å²) in [5, 5.41) is 3.81. The van der Waals surface area contributed by atoms with Crippen molar-refractivity contribution in [3.8, 4) is 0 Å². The summed E-state index contributed by atoms with van der Waals surface area (Å²) in [6.07, 6.45) is 0.563. The molecule has 0 radical (unpaired) electrons. The summed E-state index contributed by atoms with van der Waals surface area (Å²) in [6, 6.07) is 12.3. The molecule has 0 atom stereocenters. The Labute approximate surface area is 150 Å². The van der Waals surface area contributed by atoms with Crippen molar-refractivity contribution in [2.75, 3.05) is 13.2 Å². The molecule has 0 bridgehead atoms. The van der Waals surface area contributed by atoms with Crippen molar-refractivity contribution in [1.29, 1.82) is 0 Å². The largest absolute Gasteiger partial charge is 0.452 e. The van der Waals surface area contributed by atoms with Crippen LogP contribution in [0.1, 0.15) is 21.5 Å². The van der Waals surface area contributed by atoms with Crippen LogP contribution < -0.4 is 5.32 Å². The van der Waals surface area contributed by atoms with Gasteiger partial charge in [0.1, 0.15) is 0 Å². The maximum absolute atomic E-state index is 11.9. The number of carbonyl (C=O) groups is 2. The van der Waals surface area contributed by atoms with E-state index >= 15 is 0 Å². The normalized spacial score (nSPS) is 10.3. The first-order valence-corrected chi connectivity index (χ1v) is 8.16. The Morgan fingerprint density at radius 3 is 2.58 bits per heavy atom. The number of ether oxygens (including phenoxy) is 1. The smallest absolute Gasteiger partial charge is 0.338 e. The van der Waals surface area contributed by atoms with Gasteiger partial charge in [0.2, 0.25) is 0 Å². The van der Waals surface area contributed by atoms with E-state index in [0.717, 1.165) is 11.1 Å². The highest BCUT2D eigenvalue weighted by Gasteiger charge is 2.12. The van der Waals surface area contributed by atoms with Gasteiger partial charge < -0.3 is 10.1 Å². The summed E-state index contributed by atoms with van der Waals surface area (Å²) in [7, 11) is 0. The van der Waals surface area contributed by atoms with Crippen molar-refractivity contribution in [2.45, 2.75) is 13.3 Å². The summed E-state index contributed by atoms with van der Waals surface area (Å²) < 4.78 is 5.02. The van der Waals surface area contributed by atoms with Crippen LogP contribution >= 0.6 is 23.2 Å². The molecule has 2 aromatic carbocycles. The fourth-order valence-electron chi connectivity index (χ4n) is 2.12. The summed E-state index contributed by atoms with van der Waals surface area (Å²) in [6.45, 7) is 1.89. The lowest BCUT2D eigenvalue weighted by Crippen LogP contribution is -2.30. The lowest BCUT2D eigenvalue weighted by Gasteiger charge is -2.09. The van der Waals surface area contributed by atoms with Gasteiger partial charge in [0.25, 0.3) is 5.91 Å². The number of halogens is 2. The van der Waals surface area contributed by atoms with E-state index in [1.807, 2.05) is 25.1 Å². The molecule has 0 spiro atoms. The van der Waals surface area contributed by atoms with Crippen LogP contribution in [-0.4, -0.2) is 25.0 Å². The lowest BCUT2D eigenvalue weighted by molar-refractivity contribution is -0.124. The highest BCUT2D eigenvalue weighted by atomic mass is 35.5. The monoisotopic (exact) mass is 365 g/mol. The van der Waals surface area contributed by atoms with E-state index in [-0.39, 0.29) is 12.5 Å². The first kappa shape index (κ1) is 18.3. The minimum Gasteiger partial charge on any atom is -0.452 e. The summed E-state index contributed by atoms with van der Waals surface area (Å²) in [5.74, 6) is -0.869. The van der Waals surface area contributed by atoms with Crippen LogP contribution in [0, 0.1) is 6.92 Å². The zero-order valence-corrected chi connectivity index (χ0v) is 14.7. The van der Waals surface area contributed by atoms with Crippen LogP contribution in [0.15, 0.2) is 42.5 Å². The number of aryl methyl sites for hydroxylation is 1. The SMILES string of the molecule is Cc1ccccc1C(=O)OCC(=O)NCCc1ccc(Cl)cc1Cl. The Kier molecular flexibility index (Phi) is 6.64. The molecular formula is C18H17Cl2NO3. The minimum absolute atomic E-state index is 0.318. The summed E-state index contributed by atoms with van der Waals surface area (Å²) in [4.78, 5) is 23.7.